The SMILES string of the molecule is O=C(N1CCN(c2ncc(F)c(-n3nccc3C(F)(F)F)n2)CC1)N1N=CC[C@H]1c1cc(F)cc(F)c1. The summed E-state index contributed by atoms with van der Waals surface area (Å²) in [7, 11) is 0. The van der Waals surface area contributed by atoms with Crippen molar-refractivity contribution in [2.45, 2.75) is 18.6 Å². The molecule has 0 unspecified atom stereocenters. The summed E-state index contributed by atoms with van der Waals surface area (Å²) >= 11 is 0. The number of amides is 2. The first-order chi connectivity index (χ1) is 17.6. The molecule has 0 radical (unpaired) electrons. The van der Waals surface area contributed by atoms with Crippen molar-refractivity contribution < 1.29 is 31.1 Å². The smallest absolute Gasteiger partial charge is 0.337 e. The predicted octanol–water partition coefficient (Wildman–Crippen LogP) is 3.77. The van der Waals surface area contributed by atoms with E-state index in [4.69, 9.17) is 0 Å². The Labute approximate surface area is 205 Å². The van der Waals surface area contributed by atoms with Gasteiger partial charge >= 0.3 is 12.2 Å². The Morgan fingerprint density at radius 1 is 1.00 bits per heavy atom. The fraction of sp³-hybridized carbons (Fsp3) is 0.318. The number of nitrogens with zero attached hydrogens (tertiary/aromatic N) is 8. The molecule has 2 aromatic heterocycles. The van der Waals surface area contributed by atoms with Gasteiger partial charge in [0.15, 0.2) is 11.6 Å². The third-order valence-electron chi connectivity index (χ3n) is 5.98. The number of anilines is 1. The Hall–Kier alpha value is -4.17. The largest absolute Gasteiger partial charge is 0.433 e. The number of aromatic nitrogens is 4. The number of rotatable bonds is 3. The van der Waals surface area contributed by atoms with Gasteiger partial charge in [0, 0.05) is 44.9 Å². The summed E-state index contributed by atoms with van der Waals surface area (Å²) in [6, 6.07) is 2.59. The number of carbonyl (C=O) groups is 1. The Kier molecular flexibility index (Phi) is 6.21. The third kappa shape index (κ3) is 4.80. The first-order valence-corrected chi connectivity index (χ1v) is 11.1. The minimum absolute atomic E-state index is 0.0283. The van der Waals surface area contributed by atoms with E-state index >= 15 is 0 Å². The molecule has 0 saturated carbocycles. The zero-order valence-corrected chi connectivity index (χ0v) is 18.9. The number of urea groups is 1. The number of hydrogen-bond acceptors (Lipinski definition) is 6. The first kappa shape index (κ1) is 24.5. The average molecular weight is 524 g/mol. The lowest BCUT2D eigenvalue weighted by atomic mass is 10.0. The monoisotopic (exact) mass is 524 g/mol. The lowest BCUT2D eigenvalue weighted by Crippen LogP contribution is -2.52. The summed E-state index contributed by atoms with van der Waals surface area (Å²) in [5.41, 5.74) is -0.920. The highest BCUT2D eigenvalue weighted by Crippen LogP contribution is 2.32. The molecule has 5 rings (SSSR count). The van der Waals surface area contributed by atoms with E-state index in [9.17, 15) is 31.1 Å². The van der Waals surface area contributed by atoms with Crippen LogP contribution in [-0.4, -0.2) is 68.1 Å². The molecular formula is C22H18F6N8O. The van der Waals surface area contributed by atoms with Crippen LogP contribution in [0.5, 0.6) is 0 Å². The summed E-state index contributed by atoms with van der Waals surface area (Å²) in [5, 5.41) is 8.78. The van der Waals surface area contributed by atoms with Crippen LogP contribution < -0.4 is 4.90 Å². The number of alkyl halides is 3. The molecule has 37 heavy (non-hydrogen) atoms. The minimum Gasteiger partial charge on any atom is -0.337 e. The van der Waals surface area contributed by atoms with Crippen LogP contribution in [0.1, 0.15) is 23.7 Å². The van der Waals surface area contributed by atoms with Crippen molar-refractivity contribution in [1.29, 1.82) is 0 Å². The molecule has 1 aromatic carbocycles. The maximum absolute atomic E-state index is 14.3. The van der Waals surface area contributed by atoms with Gasteiger partial charge in [-0.1, -0.05) is 0 Å². The first-order valence-electron chi connectivity index (χ1n) is 11.1. The maximum Gasteiger partial charge on any atom is 0.433 e. The summed E-state index contributed by atoms with van der Waals surface area (Å²) in [6.45, 7) is 0.721. The summed E-state index contributed by atoms with van der Waals surface area (Å²) in [6.07, 6.45) is -1.35. The second-order valence-electron chi connectivity index (χ2n) is 8.32. The Morgan fingerprint density at radius 3 is 2.38 bits per heavy atom. The van der Waals surface area contributed by atoms with E-state index in [0.717, 1.165) is 35.6 Å². The zero-order valence-electron chi connectivity index (χ0n) is 18.9. The van der Waals surface area contributed by atoms with Gasteiger partial charge < -0.3 is 9.80 Å². The van der Waals surface area contributed by atoms with Crippen molar-refractivity contribution in [3.05, 3.63) is 65.4 Å². The number of halogens is 6. The molecule has 1 fully saturated rings. The van der Waals surface area contributed by atoms with E-state index in [1.807, 2.05) is 0 Å². The van der Waals surface area contributed by atoms with E-state index in [1.54, 1.807) is 4.90 Å². The second kappa shape index (κ2) is 9.37. The van der Waals surface area contributed by atoms with Crippen molar-refractivity contribution in [3.8, 4) is 5.82 Å². The highest BCUT2D eigenvalue weighted by atomic mass is 19.4. The molecule has 9 nitrogen and oxygen atoms in total. The molecule has 2 aliphatic rings. The van der Waals surface area contributed by atoms with E-state index in [2.05, 4.69) is 20.2 Å². The summed E-state index contributed by atoms with van der Waals surface area (Å²) in [4.78, 5) is 24.0. The average Bonchev–Trinajstić information content (AvgIpc) is 3.54. The predicted molar refractivity (Wildman–Crippen MR) is 117 cm³/mol. The van der Waals surface area contributed by atoms with Gasteiger partial charge in [-0.05, 0) is 23.8 Å². The third-order valence-corrected chi connectivity index (χ3v) is 5.98. The molecule has 15 heteroatoms. The van der Waals surface area contributed by atoms with Crippen molar-refractivity contribution in [2.75, 3.05) is 31.1 Å². The van der Waals surface area contributed by atoms with Crippen molar-refractivity contribution in [2.24, 2.45) is 5.10 Å². The second-order valence-corrected chi connectivity index (χ2v) is 8.32. The Balaban J connectivity index is 1.29. The molecule has 3 aromatic rings. The van der Waals surface area contributed by atoms with Crippen LogP contribution in [0.3, 0.4) is 0 Å². The fourth-order valence-corrected chi connectivity index (χ4v) is 4.22. The van der Waals surface area contributed by atoms with E-state index < -0.39 is 47.2 Å². The quantitative estimate of drug-likeness (QED) is 0.488. The molecule has 2 aliphatic heterocycles. The van der Waals surface area contributed by atoms with Gasteiger partial charge in [-0.2, -0.15) is 28.4 Å². The molecule has 0 spiro atoms. The van der Waals surface area contributed by atoms with Crippen LogP contribution in [0.15, 0.2) is 41.8 Å². The van der Waals surface area contributed by atoms with E-state index in [-0.39, 0.29) is 44.1 Å². The van der Waals surface area contributed by atoms with Crippen LogP contribution in [0.2, 0.25) is 0 Å². The van der Waals surface area contributed by atoms with Crippen molar-refractivity contribution in [3.63, 3.8) is 0 Å². The molecule has 0 bridgehead atoms. The molecule has 0 N–H and O–H groups in total. The lowest BCUT2D eigenvalue weighted by molar-refractivity contribution is -0.142. The molecule has 194 valence electrons. The van der Waals surface area contributed by atoms with Crippen LogP contribution in [-0.2, 0) is 6.18 Å². The number of piperazine rings is 1. The van der Waals surface area contributed by atoms with Gasteiger partial charge in [-0.15, -0.1) is 0 Å². The van der Waals surface area contributed by atoms with Crippen LogP contribution in [0.4, 0.5) is 37.1 Å². The highest BCUT2D eigenvalue weighted by Gasteiger charge is 2.37. The van der Waals surface area contributed by atoms with Gasteiger partial charge in [-0.25, -0.2) is 32.6 Å². The number of benzene rings is 1. The Morgan fingerprint density at radius 2 is 1.70 bits per heavy atom. The molecule has 1 atom stereocenters. The molecule has 0 aliphatic carbocycles. The van der Waals surface area contributed by atoms with E-state index in [0.29, 0.717) is 10.7 Å². The summed E-state index contributed by atoms with van der Waals surface area (Å²) in [5.74, 6) is -3.30. The standard InChI is InChI=1S/C22H18F6N8O/c23-14-9-13(10-15(24)11-14)17-1-3-30-35(17)21(37)34-7-5-33(6-8-34)20-29-12-16(25)19(32-20)36-18(2-4-31-36)22(26,27)28/h2-4,9-12,17H,1,5-8H2/t17-/m0/s1. The van der Waals surface area contributed by atoms with Gasteiger partial charge in [0.2, 0.25) is 5.95 Å². The molecule has 4 heterocycles. The van der Waals surface area contributed by atoms with E-state index in [1.165, 1.54) is 11.1 Å². The normalized spacial score (nSPS) is 18.1. The van der Waals surface area contributed by atoms with Gasteiger partial charge in [0.25, 0.3) is 0 Å². The Bertz CT molecular complexity index is 1330. The lowest BCUT2D eigenvalue weighted by Gasteiger charge is -2.37. The van der Waals surface area contributed by atoms with Crippen LogP contribution in [0, 0.1) is 17.5 Å². The van der Waals surface area contributed by atoms with Gasteiger partial charge in [0.05, 0.1) is 18.4 Å². The molecule has 1 saturated heterocycles. The zero-order chi connectivity index (χ0) is 26.3. The maximum atomic E-state index is 14.3. The number of hydrazone groups is 1. The summed E-state index contributed by atoms with van der Waals surface area (Å²) < 4.78 is 81.9. The van der Waals surface area contributed by atoms with Crippen LogP contribution in [0.25, 0.3) is 5.82 Å². The molecular weight excluding hydrogens is 506 g/mol. The minimum atomic E-state index is -4.77. The molecule has 2 amide bonds. The number of carbonyl (C=O) groups excluding carboxylic acids is 1. The fourth-order valence-electron chi connectivity index (χ4n) is 4.22. The van der Waals surface area contributed by atoms with Crippen LogP contribution >= 0.6 is 0 Å². The highest BCUT2D eigenvalue weighted by molar-refractivity contribution is 5.78. The van der Waals surface area contributed by atoms with Crippen molar-refractivity contribution in [1.82, 2.24) is 29.7 Å². The van der Waals surface area contributed by atoms with Crippen molar-refractivity contribution >= 4 is 18.2 Å². The van der Waals surface area contributed by atoms with Gasteiger partial charge in [-0.3, -0.25) is 0 Å². The topological polar surface area (TPSA) is 82.8 Å². The van der Waals surface area contributed by atoms with Gasteiger partial charge in [0.1, 0.15) is 17.3 Å². The number of hydrogen-bond donors (Lipinski definition) is 0.